The smallest absolute Gasteiger partial charge is 0.166 e. The molecule has 0 amide bonds. The van der Waals surface area contributed by atoms with Gasteiger partial charge in [0.15, 0.2) is 0 Å². The Bertz CT molecular complexity index is 505. The first kappa shape index (κ1) is 12.8. The molecule has 0 saturated carbocycles. The normalized spacial score (nSPS) is 15.7. The Morgan fingerprint density at radius 2 is 1.72 bits per heavy atom. The number of aryl methyl sites for hydroxylation is 2. The van der Waals surface area contributed by atoms with Crippen LogP contribution < -0.4 is 0 Å². The van der Waals surface area contributed by atoms with Gasteiger partial charge in [0.05, 0.1) is 11.3 Å². The molecular formula is C13H13F3N2. The van der Waals surface area contributed by atoms with Crippen molar-refractivity contribution in [3.8, 4) is 0 Å². The second-order valence-corrected chi connectivity index (χ2v) is 4.37. The molecule has 96 valence electrons. The summed E-state index contributed by atoms with van der Waals surface area (Å²) in [6.07, 6.45) is -1.10. The zero-order valence-corrected chi connectivity index (χ0v) is 10.2. The van der Waals surface area contributed by atoms with Crippen LogP contribution in [0.5, 0.6) is 0 Å². The summed E-state index contributed by atoms with van der Waals surface area (Å²) in [5, 5.41) is 7.85. The van der Waals surface area contributed by atoms with E-state index in [1.54, 1.807) is 20.1 Å². The summed E-state index contributed by atoms with van der Waals surface area (Å²) in [5.41, 5.74) is 2.14. The molecule has 0 saturated heterocycles. The van der Waals surface area contributed by atoms with Crippen molar-refractivity contribution in [1.29, 1.82) is 0 Å². The Balaban J connectivity index is 2.51. The van der Waals surface area contributed by atoms with Crippen molar-refractivity contribution in [2.75, 3.05) is 0 Å². The SMILES string of the molecule is Cc1cc(C(F)(F)F)cc(C)c1C1=NN=CCC1. The van der Waals surface area contributed by atoms with Crippen molar-refractivity contribution in [3.05, 3.63) is 34.4 Å². The first-order valence-corrected chi connectivity index (χ1v) is 5.67. The Hall–Kier alpha value is -1.65. The number of hydrogen-bond acceptors (Lipinski definition) is 2. The highest BCUT2D eigenvalue weighted by Gasteiger charge is 2.31. The largest absolute Gasteiger partial charge is 0.416 e. The monoisotopic (exact) mass is 254 g/mol. The van der Waals surface area contributed by atoms with Crippen molar-refractivity contribution >= 4 is 11.9 Å². The molecule has 0 aliphatic carbocycles. The lowest BCUT2D eigenvalue weighted by molar-refractivity contribution is -0.137. The van der Waals surface area contributed by atoms with Gasteiger partial charge in [-0.3, -0.25) is 0 Å². The Kier molecular flexibility index (Phi) is 3.24. The van der Waals surface area contributed by atoms with Gasteiger partial charge < -0.3 is 0 Å². The Morgan fingerprint density at radius 3 is 2.17 bits per heavy atom. The molecule has 18 heavy (non-hydrogen) atoms. The summed E-state index contributed by atoms with van der Waals surface area (Å²) in [5.74, 6) is 0. The van der Waals surface area contributed by atoms with Crippen LogP contribution in [0.4, 0.5) is 13.2 Å². The van der Waals surface area contributed by atoms with E-state index in [9.17, 15) is 13.2 Å². The van der Waals surface area contributed by atoms with Crippen LogP contribution in [0.25, 0.3) is 0 Å². The lowest BCUT2D eigenvalue weighted by atomic mass is 9.93. The molecule has 1 aromatic rings. The zero-order chi connectivity index (χ0) is 13.3. The standard InChI is InChI=1S/C13H13F3N2/c1-8-6-10(13(14,15)16)7-9(2)12(8)11-4-3-5-17-18-11/h5-7H,3-4H2,1-2H3. The van der Waals surface area contributed by atoms with Gasteiger partial charge in [-0.15, -0.1) is 0 Å². The highest BCUT2D eigenvalue weighted by molar-refractivity contribution is 6.04. The summed E-state index contributed by atoms with van der Waals surface area (Å²) in [7, 11) is 0. The van der Waals surface area contributed by atoms with Gasteiger partial charge in [-0.05, 0) is 49.9 Å². The minimum atomic E-state index is -4.30. The van der Waals surface area contributed by atoms with Gasteiger partial charge in [0.2, 0.25) is 0 Å². The third-order valence-electron chi connectivity index (χ3n) is 2.92. The summed E-state index contributed by atoms with van der Waals surface area (Å²) < 4.78 is 38.0. The highest BCUT2D eigenvalue weighted by atomic mass is 19.4. The lowest BCUT2D eigenvalue weighted by Gasteiger charge is -2.16. The van der Waals surface area contributed by atoms with Crippen LogP contribution >= 0.6 is 0 Å². The van der Waals surface area contributed by atoms with E-state index in [2.05, 4.69) is 10.2 Å². The molecule has 0 N–H and O–H groups in total. The Morgan fingerprint density at radius 1 is 1.11 bits per heavy atom. The fraction of sp³-hybridized carbons (Fsp3) is 0.385. The van der Waals surface area contributed by atoms with Crippen LogP contribution in [0.1, 0.15) is 35.1 Å². The molecule has 0 atom stereocenters. The van der Waals surface area contributed by atoms with E-state index in [0.717, 1.165) is 24.1 Å². The van der Waals surface area contributed by atoms with Crippen LogP contribution in [-0.4, -0.2) is 11.9 Å². The van der Waals surface area contributed by atoms with E-state index in [4.69, 9.17) is 0 Å². The quantitative estimate of drug-likeness (QED) is 0.726. The predicted molar refractivity (Wildman–Crippen MR) is 65.2 cm³/mol. The van der Waals surface area contributed by atoms with Crippen molar-refractivity contribution in [2.24, 2.45) is 10.2 Å². The highest BCUT2D eigenvalue weighted by Crippen LogP contribution is 2.32. The maximum absolute atomic E-state index is 12.7. The van der Waals surface area contributed by atoms with Crippen molar-refractivity contribution in [3.63, 3.8) is 0 Å². The molecule has 0 radical (unpaired) electrons. The summed E-state index contributed by atoms with van der Waals surface area (Å²) in [6, 6.07) is 2.34. The number of alkyl halides is 3. The number of benzene rings is 1. The molecule has 0 spiro atoms. The molecule has 2 nitrogen and oxygen atoms in total. The molecule has 1 heterocycles. The summed E-state index contributed by atoms with van der Waals surface area (Å²) >= 11 is 0. The Labute approximate surface area is 103 Å². The summed E-state index contributed by atoms with van der Waals surface area (Å²) in [6.45, 7) is 3.36. The van der Waals surface area contributed by atoms with Gasteiger partial charge in [0.25, 0.3) is 0 Å². The molecular weight excluding hydrogens is 241 g/mol. The second kappa shape index (κ2) is 4.55. The number of hydrogen-bond donors (Lipinski definition) is 0. The van der Waals surface area contributed by atoms with Crippen LogP contribution in [0.15, 0.2) is 22.3 Å². The van der Waals surface area contributed by atoms with E-state index in [-0.39, 0.29) is 0 Å². The van der Waals surface area contributed by atoms with Gasteiger partial charge in [-0.25, -0.2) is 0 Å². The number of nitrogens with zero attached hydrogens (tertiary/aromatic N) is 2. The number of halogens is 3. The van der Waals surface area contributed by atoms with Crippen LogP contribution in [0.3, 0.4) is 0 Å². The van der Waals surface area contributed by atoms with Crippen molar-refractivity contribution in [1.82, 2.24) is 0 Å². The molecule has 1 aromatic carbocycles. The van der Waals surface area contributed by atoms with Gasteiger partial charge >= 0.3 is 6.18 Å². The fourth-order valence-electron chi connectivity index (χ4n) is 2.18. The molecule has 0 bridgehead atoms. The van der Waals surface area contributed by atoms with Gasteiger partial charge in [-0.1, -0.05) is 0 Å². The lowest BCUT2D eigenvalue weighted by Crippen LogP contribution is -2.12. The van der Waals surface area contributed by atoms with Gasteiger partial charge in [0, 0.05) is 11.8 Å². The second-order valence-electron chi connectivity index (χ2n) is 4.37. The minimum absolute atomic E-state index is 0.596. The molecule has 2 rings (SSSR count). The van der Waals surface area contributed by atoms with Gasteiger partial charge in [-0.2, -0.15) is 23.4 Å². The molecule has 5 heteroatoms. The molecule has 0 aromatic heterocycles. The first-order chi connectivity index (χ1) is 8.39. The molecule has 1 aliphatic rings. The van der Waals surface area contributed by atoms with E-state index in [0.29, 0.717) is 11.1 Å². The van der Waals surface area contributed by atoms with Crippen molar-refractivity contribution in [2.45, 2.75) is 32.9 Å². The average molecular weight is 254 g/mol. The number of rotatable bonds is 1. The molecule has 1 aliphatic heterocycles. The minimum Gasteiger partial charge on any atom is -0.166 e. The van der Waals surface area contributed by atoms with Crippen LogP contribution in [-0.2, 0) is 6.18 Å². The van der Waals surface area contributed by atoms with E-state index in [1.165, 1.54) is 12.1 Å². The average Bonchev–Trinajstić information content (AvgIpc) is 2.28. The van der Waals surface area contributed by atoms with E-state index >= 15 is 0 Å². The first-order valence-electron chi connectivity index (χ1n) is 5.67. The zero-order valence-electron chi connectivity index (χ0n) is 10.2. The predicted octanol–water partition coefficient (Wildman–Crippen LogP) is 3.89. The molecule has 0 fully saturated rings. The third kappa shape index (κ3) is 2.44. The van der Waals surface area contributed by atoms with E-state index < -0.39 is 11.7 Å². The third-order valence-corrected chi connectivity index (χ3v) is 2.92. The topological polar surface area (TPSA) is 24.7 Å². The van der Waals surface area contributed by atoms with Crippen LogP contribution in [0.2, 0.25) is 0 Å². The maximum atomic E-state index is 12.7. The summed E-state index contributed by atoms with van der Waals surface area (Å²) in [4.78, 5) is 0. The van der Waals surface area contributed by atoms with Crippen LogP contribution in [0, 0.1) is 13.8 Å². The van der Waals surface area contributed by atoms with E-state index in [1.807, 2.05) is 0 Å². The molecule has 0 unspecified atom stereocenters. The van der Waals surface area contributed by atoms with Gasteiger partial charge in [0.1, 0.15) is 0 Å². The van der Waals surface area contributed by atoms with Crippen molar-refractivity contribution < 1.29 is 13.2 Å². The maximum Gasteiger partial charge on any atom is 0.416 e. The fourth-order valence-corrected chi connectivity index (χ4v) is 2.18.